The van der Waals surface area contributed by atoms with E-state index in [-0.39, 0.29) is 0 Å². The van der Waals surface area contributed by atoms with E-state index in [2.05, 4.69) is 16.3 Å². The first-order chi connectivity index (χ1) is 9.87. The largest absolute Gasteiger partial charge is 0.468 e. The molecule has 0 radical (unpaired) electrons. The Morgan fingerprint density at radius 1 is 1.05 bits per heavy atom. The van der Waals surface area contributed by atoms with Gasteiger partial charge in [-0.1, -0.05) is 0 Å². The monoisotopic (exact) mass is 274 g/mol. The lowest BCUT2D eigenvalue weighted by molar-refractivity contribution is 0.242. The van der Waals surface area contributed by atoms with Crippen LogP contribution < -0.4 is 5.32 Å². The average molecular weight is 274 g/mol. The number of furan rings is 1. The van der Waals surface area contributed by atoms with Crippen LogP contribution in [0.25, 0.3) is 0 Å². The molecule has 0 amide bonds. The van der Waals surface area contributed by atoms with Crippen LogP contribution in [-0.4, -0.2) is 24.0 Å². The second kappa shape index (κ2) is 5.53. The summed E-state index contributed by atoms with van der Waals surface area (Å²) in [6.45, 7) is 4.60. The molecule has 0 bridgehead atoms. The van der Waals surface area contributed by atoms with Crippen LogP contribution in [0, 0.1) is 11.8 Å². The molecule has 20 heavy (non-hydrogen) atoms. The Kier molecular flexibility index (Phi) is 3.57. The molecule has 3 fully saturated rings. The zero-order valence-corrected chi connectivity index (χ0v) is 12.3. The Bertz CT molecular complexity index is 430. The summed E-state index contributed by atoms with van der Waals surface area (Å²) in [5.74, 6) is 3.12. The van der Waals surface area contributed by atoms with E-state index in [9.17, 15) is 0 Å². The maximum Gasteiger partial charge on any atom is 0.122 e. The van der Waals surface area contributed by atoms with Gasteiger partial charge in [0.05, 0.1) is 12.8 Å². The van der Waals surface area contributed by atoms with E-state index < -0.39 is 0 Å². The van der Waals surface area contributed by atoms with Gasteiger partial charge in [-0.15, -0.1) is 0 Å². The van der Waals surface area contributed by atoms with E-state index in [1.807, 2.05) is 6.26 Å². The molecule has 1 aromatic rings. The average Bonchev–Trinajstić information content (AvgIpc) is 3.28. The van der Waals surface area contributed by atoms with Crippen molar-refractivity contribution in [2.24, 2.45) is 11.8 Å². The number of nitrogens with zero attached hydrogens (tertiary/aromatic N) is 1. The molecule has 3 nitrogen and oxygen atoms in total. The molecule has 3 saturated carbocycles. The highest BCUT2D eigenvalue weighted by Gasteiger charge is 2.29. The minimum atomic E-state index is 0.752. The Morgan fingerprint density at radius 2 is 1.75 bits per heavy atom. The molecule has 4 rings (SSSR count). The fourth-order valence-corrected chi connectivity index (χ4v) is 2.96. The zero-order valence-electron chi connectivity index (χ0n) is 12.3. The van der Waals surface area contributed by atoms with Crippen molar-refractivity contribution < 1.29 is 4.42 Å². The van der Waals surface area contributed by atoms with Gasteiger partial charge < -0.3 is 9.73 Å². The van der Waals surface area contributed by atoms with E-state index in [0.29, 0.717) is 0 Å². The van der Waals surface area contributed by atoms with E-state index in [1.54, 1.807) is 0 Å². The maximum absolute atomic E-state index is 5.70. The van der Waals surface area contributed by atoms with Crippen LogP contribution in [-0.2, 0) is 13.1 Å². The number of hydrogen-bond acceptors (Lipinski definition) is 3. The molecule has 3 aliphatic rings. The van der Waals surface area contributed by atoms with Gasteiger partial charge in [-0.05, 0) is 56.4 Å². The summed E-state index contributed by atoms with van der Waals surface area (Å²) in [6.07, 6.45) is 10.3. The first kappa shape index (κ1) is 12.9. The van der Waals surface area contributed by atoms with Gasteiger partial charge >= 0.3 is 0 Å². The standard InChI is InChI=1S/C17H26N2O/c1-2-13(1)10-19(11-14-3-4-14)12-15-7-8-20-17(15)9-18-16-5-6-16/h7-8,13-14,16,18H,1-6,9-12H2. The summed E-state index contributed by atoms with van der Waals surface area (Å²) in [5.41, 5.74) is 1.40. The highest BCUT2D eigenvalue weighted by molar-refractivity contribution is 5.17. The summed E-state index contributed by atoms with van der Waals surface area (Å²) < 4.78 is 5.70. The van der Waals surface area contributed by atoms with Gasteiger partial charge in [-0.2, -0.15) is 0 Å². The molecule has 1 aromatic heterocycles. The fraction of sp³-hybridized carbons (Fsp3) is 0.765. The zero-order chi connectivity index (χ0) is 13.4. The van der Waals surface area contributed by atoms with Crippen LogP contribution in [0.2, 0.25) is 0 Å². The summed E-state index contributed by atoms with van der Waals surface area (Å²) in [5, 5.41) is 3.57. The van der Waals surface area contributed by atoms with Crippen molar-refractivity contribution in [3.05, 3.63) is 23.7 Å². The van der Waals surface area contributed by atoms with Crippen molar-refractivity contribution in [2.45, 2.75) is 57.7 Å². The third-order valence-corrected chi connectivity index (χ3v) is 4.79. The number of nitrogens with one attached hydrogen (secondary N) is 1. The summed E-state index contributed by atoms with van der Waals surface area (Å²) in [4.78, 5) is 2.68. The Morgan fingerprint density at radius 3 is 2.35 bits per heavy atom. The topological polar surface area (TPSA) is 28.4 Å². The Balaban J connectivity index is 1.35. The van der Waals surface area contributed by atoms with Gasteiger partial charge in [0.1, 0.15) is 5.76 Å². The predicted octanol–water partition coefficient (Wildman–Crippen LogP) is 3.15. The molecule has 0 unspecified atom stereocenters. The van der Waals surface area contributed by atoms with Crippen LogP contribution in [0.3, 0.4) is 0 Å². The third-order valence-electron chi connectivity index (χ3n) is 4.79. The first-order valence-corrected chi connectivity index (χ1v) is 8.38. The first-order valence-electron chi connectivity index (χ1n) is 8.38. The van der Waals surface area contributed by atoms with Crippen molar-refractivity contribution in [1.82, 2.24) is 10.2 Å². The fourth-order valence-electron chi connectivity index (χ4n) is 2.96. The summed E-state index contributed by atoms with van der Waals surface area (Å²) >= 11 is 0. The highest BCUT2D eigenvalue weighted by Crippen LogP contribution is 2.34. The second-order valence-electron chi connectivity index (χ2n) is 7.11. The molecule has 0 spiro atoms. The van der Waals surface area contributed by atoms with Crippen molar-refractivity contribution in [3.63, 3.8) is 0 Å². The molecule has 1 heterocycles. The smallest absolute Gasteiger partial charge is 0.122 e. The molecule has 3 aliphatic carbocycles. The Labute approximate surface area is 121 Å². The normalized spacial score (nSPS) is 22.6. The number of hydrogen-bond donors (Lipinski definition) is 1. The van der Waals surface area contributed by atoms with Gasteiger partial charge in [-0.25, -0.2) is 0 Å². The molecule has 0 saturated heterocycles. The van der Waals surface area contributed by atoms with Crippen molar-refractivity contribution >= 4 is 0 Å². The van der Waals surface area contributed by atoms with E-state index in [4.69, 9.17) is 4.42 Å². The third kappa shape index (κ3) is 3.64. The molecule has 3 heteroatoms. The highest BCUT2D eigenvalue weighted by atomic mass is 16.3. The summed E-state index contributed by atoms with van der Waals surface area (Å²) in [7, 11) is 0. The SMILES string of the molecule is c1cc(CN(CC2CC2)CC2CC2)c(CNC2CC2)o1. The predicted molar refractivity (Wildman–Crippen MR) is 79.3 cm³/mol. The minimum Gasteiger partial charge on any atom is -0.468 e. The van der Waals surface area contributed by atoms with Gasteiger partial charge in [0.15, 0.2) is 0 Å². The van der Waals surface area contributed by atoms with Crippen molar-refractivity contribution in [1.29, 1.82) is 0 Å². The molecule has 0 aliphatic heterocycles. The molecule has 1 N–H and O–H groups in total. The van der Waals surface area contributed by atoms with Gasteiger partial charge in [0.25, 0.3) is 0 Å². The second-order valence-corrected chi connectivity index (χ2v) is 7.11. The van der Waals surface area contributed by atoms with Crippen LogP contribution >= 0.6 is 0 Å². The van der Waals surface area contributed by atoms with Crippen molar-refractivity contribution in [2.75, 3.05) is 13.1 Å². The Hall–Kier alpha value is -0.800. The lowest BCUT2D eigenvalue weighted by atomic mass is 10.2. The molecular formula is C17H26N2O. The minimum absolute atomic E-state index is 0.752. The van der Waals surface area contributed by atoms with Gasteiger partial charge in [0, 0.05) is 31.2 Å². The quantitative estimate of drug-likeness (QED) is 0.750. The molecule has 0 atom stereocenters. The van der Waals surface area contributed by atoms with Gasteiger partial charge in [-0.3, -0.25) is 4.90 Å². The van der Waals surface area contributed by atoms with E-state index in [1.165, 1.54) is 57.2 Å². The lowest BCUT2D eigenvalue weighted by Crippen LogP contribution is -2.28. The molecule has 110 valence electrons. The van der Waals surface area contributed by atoms with Crippen LogP contribution in [0.5, 0.6) is 0 Å². The van der Waals surface area contributed by atoms with Gasteiger partial charge in [0.2, 0.25) is 0 Å². The molecule has 0 aromatic carbocycles. The van der Waals surface area contributed by atoms with E-state index >= 15 is 0 Å². The maximum atomic E-state index is 5.70. The van der Waals surface area contributed by atoms with Crippen molar-refractivity contribution in [3.8, 4) is 0 Å². The van der Waals surface area contributed by atoms with Crippen LogP contribution in [0.1, 0.15) is 49.8 Å². The van der Waals surface area contributed by atoms with Crippen LogP contribution in [0.15, 0.2) is 16.7 Å². The van der Waals surface area contributed by atoms with E-state index in [0.717, 1.165) is 36.7 Å². The molecular weight excluding hydrogens is 248 g/mol. The number of rotatable bonds is 9. The summed E-state index contributed by atoms with van der Waals surface area (Å²) in [6, 6.07) is 2.93. The lowest BCUT2D eigenvalue weighted by Gasteiger charge is -2.22. The van der Waals surface area contributed by atoms with Crippen LogP contribution in [0.4, 0.5) is 0 Å².